The summed E-state index contributed by atoms with van der Waals surface area (Å²) >= 11 is 1.38. The summed E-state index contributed by atoms with van der Waals surface area (Å²) in [5.74, 6) is -1.42. The number of amides is 1. The zero-order valence-electron chi connectivity index (χ0n) is 16.1. The van der Waals surface area contributed by atoms with Crippen molar-refractivity contribution in [2.75, 3.05) is 12.4 Å². The van der Waals surface area contributed by atoms with E-state index in [1.807, 2.05) is 0 Å². The van der Waals surface area contributed by atoms with Crippen LogP contribution in [0.5, 0.6) is 0 Å². The molecule has 3 N–H and O–H groups in total. The van der Waals surface area contributed by atoms with Gasteiger partial charge in [-0.3, -0.25) is 4.79 Å². The maximum atomic E-state index is 13.4. The average Bonchev–Trinajstić information content (AvgIpc) is 2.91. The van der Waals surface area contributed by atoms with E-state index >= 15 is 0 Å². The van der Waals surface area contributed by atoms with Crippen molar-refractivity contribution in [2.24, 2.45) is 0 Å². The lowest BCUT2D eigenvalue weighted by Crippen LogP contribution is -3.03. The molecule has 3 rings (SSSR count). The first-order valence-corrected chi connectivity index (χ1v) is 9.54. The van der Waals surface area contributed by atoms with Crippen molar-refractivity contribution in [3.8, 4) is 0 Å². The molecule has 0 saturated heterocycles. The number of quaternary nitrogens is 1. The topological polar surface area (TPSA) is 72.0 Å². The standard InChI is InChI=1S/C20H23FN2O3S/c1-19(2)10-13-14(18(25)26-5)17(27-15(13)20(3,4)23-19)22-16(24)11-7-6-8-12(21)9-11/h6-9,23H,10H2,1-5H3,(H,22,24)/p+1. The van der Waals surface area contributed by atoms with Gasteiger partial charge in [-0.1, -0.05) is 6.07 Å². The lowest BCUT2D eigenvalue weighted by Gasteiger charge is -2.38. The Morgan fingerprint density at radius 2 is 1.96 bits per heavy atom. The summed E-state index contributed by atoms with van der Waals surface area (Å²) in [7, 11) is 1.33. The second-order valence-corrected chi connectivity index (χ2v) is 9.12. The average molecular weight is 391 g/mol. The van der Waals surface area contributed by atoms with Crippen molar-refractivity contribution in [1.29, 1.82) is 0 Å². The highest BCUT2D eigenvalue weighted by Gasteiger charge is 2.45. The van der Waals surface area contributed by atoms with Gasteiger partial charge in [-0.05, 0) is 51.5 Å². The zero-order chi connectivity index (χ0) is 20.0. The van der Waals surface area contributed by atoms with Gasteiger partial charge >= 0.3 is 5.97 Å². The summed E-state index contributed by atoms with van der Waals surface area (Å²) in [4.78, 5) is 26.2. The Balaban J connectivity index is 2.07. The van der Waals surface area contributed by atoms with E-state index in [2.05, 4.69) is 38.3 Å². The van der Waals surface area contributed by atoms with Gasteiger partial charge in [0.1, 0.15) is 16.4 Å². The molecule has 0 unspecified atom stereocenters. The third-order valence-electron chi connectivity index (χ3n) is 4.68. The molecule has 0 atom stereocenters. The molecule has 0 radical (unpaired) electrons. The smallest absolute Gasteiger partial charge is 0.341 e. The quantitative estimate of drug-likeness (QED) is 0.790. The van der Waals surface area contributed by atoms with Crippen LogP contribution in [0.15, 0.2) is 24.3 Å². The number of anilines is 1. The van der Waals surface area contributed by atoms with Crippen molar-refractivity contribution < 1.29 is 24.0 Å². The fourth-order valence-corrected chi connectivity index (χ4v) is 5.19. The summed E-state index contributed by atoms with van der Waals surface area (Å²) in [6, 6.07) is 5.46. The van der Waals surface area contributed by atoms with E-state index in [0.717, 1.165) is 10.4 Å². The molecule has 1 aromatic carbocycles. The number of halogens is 1. The predicted molar refractivity (Wildman–Crippen MR) is 103 cm³/mol. The number of nitrogens with one attached hydrogen (secondary N) is 1. The Hall–Kier alpha value is -2.25. The number of carbonyl (C=O) groups excluding carboxylic acids is 2. The number of rotatable bonds is 3. The highest BCUT2D eigenvalue weighted by Crippen LogP contribution is 2.42. The Morgan fingerprint density at radius 3 is 2.59 bits per heavy atom. The van der Waals surface area contributed by atoms with E-state index in [1.54, 1.807) is 0 Å². The molecule has 0 bridgehead atoms. The van der Waals surface area contributed by atoms with Crippen molar-refractivity contribution in [2.45, 2.75) is 45.2 Å². The van der Waals surface area contributed by atoms with Crippen LogP contribution in [0.4, 0.5) is 9.39 Å². The molecule has 0 saturated carbocycles. The monoisotopic (exact) mass is 391 g/mol. The molecule has 144 valence electrons. The van der Waals surface area contributed by atoms with Crippen molar-refractivity contribution >= 4 is 28.2 Å². The van der Waals surface area contributed by atoms with E-state index in [0.29, 0.717) is 17.0 Å². The number of thiophene rings is 1. The van der Waals surface area contributed by atoms with Gasteiger partial charge in [0.2, 0.25) is 0 Å². The predicted octanol–water partition coefficient (Wildman–Crippen LogP) is 3.06. The number of ether oxygens (including phenoxy) is 1. The van der Waals surface area contributed by atoms with Gasteiger partial charge in [-0.2, -0.15) is 0 Å². The number of benzene rings is 1. The van der Waals surface area contributed by atoms with Crippen molar-refractivity contribution in [3.63, 3.8) is 0 Å². The third kappa shape index (κ3) is 3.75. The van der Waals surface area contributed by atoms with Crippen LogP contribution in [0.3, 0.4) is 0 Å². The molecule has 1 aromatic heterocycles. The molecule has 7 heteroatoms. The van der Waals surface area contributed by atoms with Crippen LogP contribution in [-0.4, -0.2) is 24.5 Å². The van der Waals surface area contributed by atoms with E-state index in [1.165, 1.54) is 42.7 Å². The zero-order valence-corrected chi connectivity index (χ0v) is 16.9. The first kappa shape index (κ1) is 19.5. The minimum Gasteiger partial charge on any atom is -0.465 e. The molecule has 0 spiro atoms. The number of hydrogen-bond donors (Lipinski definition) is 2. The van der Waals surface area contributed by atoms with Crippen LogP contribution >= 0.6 is 11.3 Å². The molecule has 1 aliphatic heterocycles. The molecular formula is C20H24FN2O3S+. The Morgan fingerprint density at radius 1 is 1.26 bits per heavy atom. The highest BCUT2D eigenvalue weighted by atomic mass is 32.1. The fourth-order valence-electron chi connectivity index (χ4n) is 3.91. The van der Waals surface area contributed by atoms with Crippen LogP contribution in [0.1, 0.15) is 58.9 Å². The first-order valence-electron chi connectivity index (χ1n) is 8.72. The fraction of sp³-hybridized carbons (Fsp3) is 0.400. The van der Waals surface area contributed by atoms with Gasteiger partial charge in [0, 0.05) is 12.0 Å². The molecule has 5 nitrogen and oxygen atoms in total. The van der Waals surface area contributed by atoms with Gasteiger partial charge in [-0.25, -0.2) is 9.18 Å². The van der Waals surface area contributed by atoms with Crippen LogP contribution in [0, 0.1) is 5.82 Å². The molecular weight excluding hydrogens is 367 g/mol. The molecule has 2 aromatic rings. The summed E-state index contributed by atoms with van der Waals surface area (Å²) in [6.07, 6.45) is 0.683. The van der Waals surface area contributed by atoms with Crippen LogP contribution < -0.4 is 10.6 Å². The number of nitrogens with two attached hydrogens (primary N) is 1. The molecule has 0 aliphatic carbocycles. The Bertz CT molecular complexity index is 918. The summed E-state index contributed by atoms with van der Waals surface area (Å²) in [6.45, 7) is 8.45. The number of carbonyl (C=O) groups is 2. The largest absolute Gasteiger partial charge is 0.465 e. The SMILES string of the molecule is COC(=O)c1c(NC(=O)c2cccc(F)c2)sc2c1CC(C)(C)[NH2+]C2(C)C. The van der Waals surface area contributed by atoms with Crippen molar-refractivity contribution in [3.05, 3.63) is 51.7 Å². The van der Waals surface area contributed by atoms with Gasteiger partial charge in [0.05, 0.1) is 23.1 Å². The summed E-state index contributed by atoms with van der Waals surface area (Å²) in [5.41, 5.74) is 1.18. The Labute approximate surface area is 161 Å². The maximum absolute atomic E-state index is 13.4. The summed E-state index contributed by atoms with van der Waals surface area (Å²) < 4.78 is 18.4. The Kier molecular flexibility index (Phi) is 4.86. The van der Waals surface area contributed by atoms with Crippen LogP contribution in [-0.2, 0) is 16.7 Å². The normalized spacial score (nSPS) is 17.1. The number of esters is 1. The minimum absolute atomic E-state index is 0.0931. The number of methoxy groups -OCH3 is 1. The van der Waals surface area contributed by atoms with Gasteiger partial charge in [0.25, 0.3) is 5.91 Å². The van der Waals surface area contributed by atoms with Crippen LogP contribution in [0.25, 0.3) is 0 Å². The minimum atomic E-state index is -0.487. The van der Waals surface area contributed by atoms with Gasteiger partial charge in [0.15, 0.2) is 0 Å². The lowest BCUT2D eigenvalue weighted by molar-refractivity contribution is -0.789. The van der Waals surface area contributed by atoms with Crippen LogP contribution in [0.2, 0.25) is 0 Å². The number of hydrogen-bond acceptors (Lipinski definition) is 4. The lowest BCUT2D eigenvalue weighted by atomic mass is 9.81. The van der Waals surface area contributed by atoms with E-state index in [-0.39, 0.29) is 16.6 Å². The van der Waals surface area contributed by atoms with Gasteiger partial charge < -0.3 is 15.4 Å². The molecule has 0 fully saturated rings. The highest BCUT2D eigenvalue weighted by molar-refractivity contribution is 7.17. The molecule has 1 amide bonds. The van der Waals surface area contributed by atoms with Crippen molar-refractivity contribution in [1.82, 2.24) is 0 Å². The number of fused-ring (bicyclic) bond motifs is 1. The summed E-state index contributed by atoms with van der Waals surface area (Å²) in [5, 5.41) is 5.51. The first-order chi connectivity index (χ1) is 12.5. The third-order valence-corrected chi connectivity index (χ3v) is 6.17. The van der Waals surface area contributed by atoms with Gasteiger partial charge in [-0.15, -0.1) is 11.3 Å². The molecule has 2 heterocycles. The van der Waals surface area contributed by atoms with E-state index < -0.39 is 17.7 Å². The second kappa shape index (κ2) is 6.73. The second-order valence-electron chi connectivity index (χ2n) is 8.10. The van der Waals surface area contributed by atoms with E-state index in [9.17, 15) is 14.0 Å². The maximum Gasteiger partial charge on any atom is 0.341 e. The molecule has 1 aliphatic rings. The molecule has 27 heavy (non-hydrogen) atoms. The van der Waals surface area contributed by atoms with E-state index in [4.69, 9.17) is 4.74 Å².